The molecule has 2 aromatic rings. The number of pyridine rings is 1. The molecule has 82 valence electrons. The molecule has 2 heterocycles. The van der Waals surface area contributed by atoms with E-state index in [-0.39, 0.29) is 5.78 Å². The Morgan fingerprint density at radius 1 is 1.31 bits per heavy atom. The average molecular weight is 249 g/mol. The van der Waals surface area contributed by atoms with Gasteiger partial charge in [-0.05, 0) is 31.2 Å². The van der Waals surface area contributed by atoms with Gasteiger partial charge in [-0.1, -0.05) is 12.2 Å². The molecule has 0 saturated heterocycles. The van der Waals surface area contributed by atoms with Crippen molar-refractivity contribution < 1.29 is 4.79 Å². The van der Waals surface area contributed by atoms with Crippen LogP contribution in [0.1, 0.15) is 14.5 Å². The average Bonchev–Trinajstić information content (AvgIpc) is 2.68. The summed E-state index contributed by atoms with van der Waals surface area (Å²) in [6, 6.07) is 7.49. The molecule has 0 radical (unpaired) electrons. The lowest BCUT2D eigenvalue weighted by Crippen LogP contribution is -2.08. The molecule has 0 aliphatic rings. The van der Waals surface area contributed by atoms with Gasteiger partial charge in [0, 0.05) is 21.8 Å². The Morgan fingerprint density at radius 2 is 2.00 bits per heavy atom. The summed E-state index contributed by atoms with van der Waals surface area (Å²) in [5.74, 6) is 0.139. The van der Waals surface area contributed by atoms with E-state index in [4.69, 9.17) is 12.2 Å². The Morgan fingerprint density at radius 3 is 2.56 bits per heavy atom. The normalized spacial score (nSPS) is 10.3. The highest BCUT2D eigenvalue weighted by atomic mass is 32.1. The van der Waals surface area contributed by atoms with Crippen molar-refractivity contribution >= 4 is 29.3 Å². The topological polar surface area (TPSA) is 22.0 Å². The molecule has 0 aliphatic carbocycles. The zero-order valence-electron chi connectivity index (χ0n) is 8.84. The summed E-state index contributed by atoms with van der Waals surface area (Å²) >= 11 is 6.52. The van der Waals surface area contributed by atoms with Gasteiger partial charge in [0.2, 0.25) is 0 Å². The van der Waals surface area contributed by atoms with Crippen molar-refractivity contribution in [2.45, 2.75) is 13.5 Å². The molecule has 0 spiro atoms. The third kappa shape index (κ3) is 2.65. The van der Waals surface area contributed by atoms with Crippen LogP contribution in [0, 0.1) is 11.4 Å². The minimum atomic E-state index is 0.139. The Hall–Kier alpha value is -1.26. The van der Waals surface area contributed by atoms with Crippen LogP contribution in [-0.4, -0.2) is 10.4 Å². The first-order chi connectivity index (χ1) is 7.65. The fourth-order valence-corrected chi connectivity index (χ4v) is 2.30. The molecule has 0 aromatic carbocycles. The molecule has 0 atom stereocenters. The molecule has 2 rings (SSSR count). The van der Waals surface area contributed by atoms with Crippen molar-refractivity contribution in [1.29, 1.82) is 0 Å². The molecule has 2 nitrogen and oxygen atoms in total. The summed E-state index contributed by atoms with van der Waals surface area (Å²) in [4.78, 5) is 13.8. The molecule has 0 bridgehead atoms. The van der Waals surface area contributed by atoms with Crippen molar-refractivity contribution in [3.8, 4) is 0 Å². The van der Waals surface area contributed by atoms with E-state index in [2.05, 4.69) is 0 Å². The number of carbonyl (C=O) groups excluding carboxylic acids is 1. The van der Waals surface area contributed by atoms with Gasteiger partial charge in [-0.2, -0.15) is 0 Å². The van der Waals surface area contributed by atoms with Gasteiger partial charge in [0.05, 0.1) is 11.4 Å². The molecule has 0 aliphatic heterocycles. The van der Waals surface area contributed by atoms with Gasteiger partial charge in [-0.15, -0.1) is 11.3 Å². The van der Waals surface area contributed by atoms with Gasteiger partial charge in [-0.25, -0.2) is 0 Å². The van der Waals surface area contributed by atoms with Crippen LogP contribution >= 0.6 is 23.6 Å². The summed E-state index contributed by atoms with van der Waals surface area (Å²) in [7, 11) is 0. The maximum absolute atomic E-state index is 11.9. The second-order valence-corrected chi connectivity index (χ2v) is 5.30. The van der Waals surface area contributed by atoms with Gasteiger partial charge < -0.3 is 4.57 Å². The van der Waals surface area contributed by atoms with E-state index in [1.165, 1.54) is 11.3 Å². The van der Waals surface area contributed by atoms with Crippen LogP contribution in [0.25, 0.3) is 0 Å². The predicted molar refractivity (Wildman–Crippen MR) is 68.7 cm³/mol. The minimum absolute atomic E-state index is 0.139. The lowest BCUT2D eigenvalue weighted by atomic mass is 10.3. The zero-order chi connectivity index (χ0) is 11.5. The highest BCUT2D eigenvalue weighted by Crippen LogP contribution is 2.16. The van der Waals surface area contributed by atoms with Crippen molar-refractivity contribution in [3.05, 3.63) is 50.9 Å². The highest BCUT2D eigenvalue weighted by Gasteiger charge is 2.07. The maximum atomic E-state index is 11.9. The van der Waals surface area contributed by atoms with Gasteiger partial charge in [0.15, 0.2) is 5.78 Å². The Balaban J connectivity index is 2.13. The van der Waals surface area contributed by atoms with Crippen LogP contribution in [0.15, 0.2) is 36.7 Å². The summed E-state index contributed by atoms with van der Waals surface area (Å²) in [6.07, 6.45) is 3.67. The van der Waals surface area contributed by atoms with Crippen molar-refractivity contribution in [2.24, 2.45) is 0 Å². The number of aromatic nitrogens is 1. The zero-order valence-corrected chi connectivity index (χ0v) is 10.5. The number of Topliss-reactive ketones (excluding diaryl/α,β-unsaturated/α-hetero) is 1. The van der Waals surface area contributed by atoms with Gasteiger partial charge >= 0.3 is 0 Å². The summed E-state index contributed by atoms with van der Waals surface area (Å²) in [5.41, 5.74) is 0. The van der Waals surface area contributed by atoms with E-state index in [1.807, 2.05) is 48.1 Å². The fourth-order valence-electron chi connectivity index (χ4n) is 1.38. The van der Waals surface area contributed by atoms with Crippen LogP contribution in [0.5, 0.6) is 0 Å². The summed E-state index contributed by atoms with van der Waals surface area (Å²) < 4.78 is 2.63. The van der Waals surface area contributed by atoms with Gasteiger partial charge in [0.25, 0.3) is 0 Å². The Kier molecular flexibility index (Phi) is 3.31. The van der Waals surface area contributed by atoms with Crippen molar-refractivity contribution in [1.82, 2.24) is 4.57 Å². The molecule has 0 saturated carbocycles. The monoisotopic (exact) mass is 249 g/mol. The SMILES string of the molecule is Cc1ccc(C(=O)Cn2ccc(=S)cc2)s1. The quantitative estimate of drug-likeness (QED) is 0.614. The van der Waals surface area contributed by atoms with Crippen molar-refractivity contribution in [2.75, 3.05) is 0 Å². The molecule has 16 heavy (non-hydrogen) atoms. The standard InChI is InChI=1S/C12H11NOS2/c1-9-2-3-12(16-9)11(14)8-13-6-4-10(15)5-7-13/h2-7H,8H2,1H3. The van der Waals surface area contributed by atoms with Gasteiger partial charge in [-0.3, -0.25) is 4.79 Å². The molecule has 0 unspecified atom stereocenters. The van der Waals surface area contributed by atoms with Crippen molar-refractivity contribution in [3.63, 3.8) is 0 Å². The van der Waals surface area contributed by atoms with E-state index in [9.17, 15) is 4.79 Å². The van der Waals surface area contributed by atoms with Crippen LogP contribution in [-0.2, 0) is 6.54 Å². The third-order valence-electron chi connectivity index (χ3n) is 2.20. The Bertz CT molecular complexity index is 548. The fraction of sp³-hybridized carbons (Fsp3) is 0.167. The van der Waals surface area contributed by atoms with Crippen LogP contribution in [0.2, 0.25) is 0 Å². The van der Waals surface area contributed by atoms with E-state index in [0.717, 1.165) is 14.3 Å². The molecule has 0 fully saturated rings. The summed E-state index contributed by atoms with van der Waals surface area (Å²) in [5, 5.41) is 0. The minimum Gasteiger partial charge on any atom is -0.346 e. The second-order valence-electron chi connectivity index (χ2n) is 3.54. The lowest BCUT2D eigenvalue weighted by molar-refractivity contribution is 0.0976. The van der Waals surface area contributed by atoms with Gasteiger partial charge in [0.1, 0.15) is 0 Å². The second kappa shape index (κ2) is 4.72. The largest absolute Gasteiger partial charge is 0.346 e. The first kappa shape index (κ1) is 11.2. The maximum Gasteiger partial charge on any atom is 0.192 e. The summed E-state index contributed by atoms with van der Waals surface area (Å²) in [6.45, 7) is 2.37. The van der Waals surface area contributed by atoms with Crippen LogP contribution in [0.4, 0.5) is 0 Å². The van der Waals surface area contributed by atoms with E-state index >= 15 is 0 Å². The number of hydrogen-bond donors (Lipinski definition) is 0. The number of hydrogen-bond acceptors (Lipinski definition) is 3. The van der Waals surface area contributed by atoms with E-state index < -0.39 is 0 Å². The molecular formula is C12H11NOS2. The first-order valence-electron chi connectivity index (χ1n) is 4.91. The first-order valence-corrected chi connectivity index (χ1v) is 6.13. The number of thiophene rings is 1. The molecule has 2 aromatic heterocycles. The number of nitrogens with zero attached hydrogens (tertiary/aromatic N) is 1. The smallest absolute Gasteiger partial charge is 0.192 e. The number of ketones is 1. The Labute approximate surface area is 103 Å². The van der Waals surface area contributed by atoms with E-state index in [0.29, 0.717) is 6.54 Å². The van der Waals surface area contributed by atoms with Crippen LogP contribution < -0.4 is 0 Å². The lowest BCUT2D eigenvalue weighted by Gasteiger charge is -2.03. The number of carbonyl (C=O) groups is 1. The highest BCUT2D eigenvalue weighted by molar-refractivity contribution is 7.71. The molecule has 0 amide bonds. The number of rotatable bonds is 3. The molecular weight excluding hydrogens is 238 g/mol. The van der Waals surface area contributed by atoms with Crippen LogP contribution in [0.3, 0.4) is 0 Å². The number of aryl methyl sites for hydroxylation is 1. The third-order valence-corrected chi connectivity index (χ3v) is 3.52. The van der Waals surface area contributed by atoms with E-state index in [1.54, 1.807) is 0 Å². The predicted octanol–water partition coefficient (Wildman–Crippen LogP) is 3.47. The molecule has 0 N–H and O–H groups in total. The molecule has 4 heteroatoms.